The van der Waals surface area contributed by atoms with Crippen LogP contribution in [0, 0.1) is 29.1 Å². The van der Waals surface area contributed by atoms with Crippen molar-refractivity contribution in [1.29, 1.82) is 0 Å². The number of carbonyl (C=O) groups excluding carboxylic acids is 1. The number of piperazine rings is 1. The van der Waals surface area contributed by atoms with Crippen LogP contribution in [0.4, 0.5) is 22.0 Å². The van der Waals surface area contributed by atoms with Crippen LogP contribution in [0.15, 0.2) is 54.6 Å². The highest BCUT2D eigenvalue weighted by Crippen LogP contribution is 2.31. The number of carbonyl (C=O) groups is 1. The van der Waals surface area contributed by atoms with E-state index in [0.717, 1.165) is 16.0 Å². The first-order valence-corrected chi connectivity index (χ1v) is 10.5. The van der Waals surface area contributed by atoms with Gasteiger partial charge in [-0.25, -0.2) is 22.0 Å². The summed E-state index contributed by atoms with van der Waals surface area (Å²) in [6.07, 6.45) is 0. The maximum absolute atomic E-state index is 14.1. The van der Waals surface area contributed by atoms with Crippen molar-refractivity contribution >= 4 is 17.5 Å². The predicted octanol–water partition coefficient (Wildman–Crippen LogP) is 5.58. The van der Waals surface area contributed by atoms with Gasteiger partial charge in [-0.1, -0.05) is 54.1 Å². The van der Waals surface area contributed by atoms with Gasteiger partial charge in [-0.15, -0.1) is 0 Å². The summed E-state index contributed by atoms with van der Waals surface area (Å²) in [6.45, 7) is 0.747. The van der Waals surface area contributed by atoms with Crippen molar-refractivity contribution in [1.82, 2.24) is 9.80 Å². The molecule has 3 nitrogen and oxygen atoms in total. The number of benzene rings is 3. The zero-order chi connectivity index (χ0) is 23.7. The molecular formula is C24H18ClF5N2O. The van der Waals surface area contributed by atoms with Crippen LogP contribution >= 0.6 is 11.6 Å². The summed E-state index contributed by atoms with van der Waals surface area (Å²) in [7, 11) is 0. The Morgan fingerprint density at radius 1 is 0.697 bits per heavy atom. The second-order valence-corrected chi connectivity index (χ2v) is 8.07. The molecule has 0 N–H and O–H groups in total. The average molecular weight is 481 g/mol. The van der Waals surface area contributed by atoms with Gasteiger partial charge < -0.3 is 4.90 Å². The van der Waals surface area contributed by atoms with E-state index in [-0.39, 0.29) is 19.1 Å². The molecule has 1 aliphatic rings. The molecule has 0 spiro atoms. The third-order valence-electron chi connectivity index (χ3n) is 5.69. The standard InChI is InChI=1S/C24H18ClF5N2O/c25-16-8-6-15(7-9-16)23(14-4-2-1-3-5-14)31-10-12-32(13-11-31)24(33)17-18(26)20(28)22(30)21(29)19(17)27/h1-9,23H,10-13H2. The number of hydrogen-bond donors (Lipinski definition) is 0. The van der Waals surface area contributed by atoms with Gasteiger partial charge in [0.15, 0.2) is 23.3 Å². The Labute approximate surface area is 192 Å². The Morgan fingerprint density at radius 2 is 1.18 bits per heavy atom. The van der Waals surface area contributed by atoms with Gasteiger partial charge in [0.2, 0.25) is 5.82 Å². The third kappa shape index (κ3) is 4.45. The van der Waals surface area contributed by atoms with E-state index in [2.05, 4.69) is 4.90 Å². The largest absolute Gasteiger partial charge is 0.336 e. The summed E-state index contributed by atoms with van der Waals surface area (Å²) < 4.78 is 68.6. The molecule has 0 aliphatic carbocycles. The molecule has 9 heteroatoms. The van der Waals surface area contributed by atoms with E-state index in [4.69, 9.17) is 11.6 Å². The van der Waals surface area contributed by atoms with Crippen LogP contribution in [0.1, 0.15) is 27.5 Å². The lowest BCUT2D eigenvalue weighted by atomic mass is 9.96. The fourth-order valence-electron chi connectivity index (χ4n) is 4.03. The van der Waals surface area contributed by atoms with E-state index in [1.807, 2.05) is 42.5 Å². The maximum Gasteiger partial charge on any atom is 0.260 e. The summed E-state index contributed by atoms with van der Waals surface area (Å²) in [5.74, 6) is -12.0. The van der Waals surface area contributed by atoms with Gasteiger partial charge >= 0.3 is 0 Å². The summed E-state index contributed by atoms with van der Waals surface area (Å²) >= 11 is 6.02. The highest BCUT2D eigenvalue weighted by Gasteiger charge is 2.34. The minimum absolute atomic E-state index is 0.0508. The maximum atomic E-state index is 14.1. The smallest absolute Gasteiger partial charge is 0.260 e. The van der Waals surface area contributed by atoms with E-state index < -0.39 is 40.6 Å². The molecule has 4 rings (SSSR count). The molecule has 1 amide bonds. The highest BCUT2D eigenvalue weighted by atomic mass is 35.5. The predicted molar refractivity (Wildman–Crippen MR) is 113 cm³/mol. The number of hydrogen-bond acceptors (Lipinski definition) is 2. The summed E-state index contributed by atoms with van der Waals surface area (Å²) in [4.78, 5) is 15.8. The van der Waals surface area contributed by atoms with Crippen LogP contribution in [0.5, 0.6) is 0 Å². The van der Waals surface area contributed by atoms with Gasteiger partial charge in [-0.3, -0.25) is 9.69 Å². The Morgan fingerprint density at radius 3 is 1.73 bits per heavy atom. The molecule has 0 bridgehead atoms. The van der Waals surface area contributed by atoms with Gasteiger partial charge in [0, 0.05) is 31.2 Å². The molecule has 1 atom stereocenters. The summed E-state index contributed by atoms with van der Waals surface area (Å²) in [6, 6.07) is 16.8. The first kappa shape index (κ1) is 23.2. The Hall–Kier alpha value is -2.97. The van der Waals surface area contributed by atoms with Crippen molar-refractivity contribution in [2.45, 2.75) is 6.04 Å². The minimum atomic E-state index is -2.29. The average Bonchev–Trinajstić information content (AvgIpc) is 2.84. The van der Waals surface area contributed by atoms with Crippen molar-refractivity contribution in [3.05, 3.63) is 105 Å². The van der Waals surface area contributed by atoms with Gasteiger partial charge in [-0.05, 0) is 23.3 Å². The molecule has 1 aliphatic heterocycles. The van der Waals surface area contributed by atoms with Crippen LogP contribution < -0.4 is 0 Å². The van der Waals surface area contributed by atoms with Gasteiger partial charge in [0.05, 0.1) is 6.04 Å². The molecule has 1 fully saturated rings. The SMILES string of the molecule is O=C(c1c(F)c(F)c(F)c(F)c1F)N1CCN(C(c2ccccc2)c2ccc(Cl)cc2)CC1. The van der Waals surface area contributed by atoms with E-state index >= 15 is 0 Å². The van der Waals surface area contributed by atoms with Crippen LogP contribution in [-0.2, 0) is 0 Å². The lowest BCUT2D eigenvalue weighted by Gasteiger charge is -2.40. The molecule has 172 valence electrons. The van der Waals surface area contributed by atoms with Crippen LogP contribution in [0.3, 0.4) is 0 Å². The lowest BCUT2D eigenvalue weighted by Crippen LogP contribution is -2.50. The summed E-state index contributed by atoms with van der Waals surface area (Å²) in [5, 5.41) is 0.587. The van der Waals surface area contributed by atoms with E-state index in [0.29, 0.717) is 18.1 Å². The summed E-state index contributed by atoms with van der Waals surface area (Å²) in [5.41, 5.74) is 0.529. The molecule has 3 aromatic carbocycles. The quantitative estimate of drug-likeness (QED) is 0.276. The normalized spacial score (nSPS) is 15.5. The molecule has 1 unspecified atom stereocenters. The fourth-order valence-corrected chi connectivity index (χ4v) is 4.15. The molecular weight excluding hydrogens is 463 g/mol. The second-order valence-electron chi connectivity index (χ2n) is 7.64. The molecule has 0 aromatic heterocycles. The van der Waals surface area contributed by atoms with Crippen molar-refractivity contribution in [3.63, 3.8) is 0 Å². The van der Waals surface area contributed by atoms with Crippen LogP contribution in [-0.4, -0.2) is 41.9 Å². The van der Waals surface area contributed by atoms with Gasteiger partial charge in [-0.2, -0.15) is 0 Å². The Kier molecular flexibility index (Phi) is 6.67. The molecule has 0 saturated carbocycles. The number of nitrogens with zero attached hydrogens (tertiary/aromatic N) is 2. The Bertz CT molecular complexity index is 1140. The van der Waals surface area contributed by atoms with Crippen molar-refractivity contribution in [2.75, 3.05) is 26.2 Å². The van der Waals surface area contributed by atoms with Crippen molar-refractivity contribution < 1.29 is 26.7 Å². The number of rotatable bonds is 4. The third-order valence-corrected chi connectivity index (χ3v) is 5.94. The topological polar surface area (TPSA) is 23.6 Å². The zero-order valence-corrected chi connectivity index (χ0v) is 17.9. The zero-order valence-electron chi connectivity index (χ0n) is 17.2. The first-order valence-electron chi connectivity index (χ1n) is 10.1. The van der Waals surface area contributed by atoms with Crippen LogP contribution in [0.2, 0.25) is 5.02 Å². The van der Waals surface area contributed by atoms with Gasteiger partial charge in [0.25, 0.3) is 5.91 Å². The number of amides is 1. The van der Waals surface area contributed by atoms with Crippen LogP contribution in [0.25, 0.3) is 0 Å². The molecule has 1 heterocycles. The second kappa shape index (κ2) is 9.49. The highest BCUT2D eigenvalue weighted by molar-refractivity contribution is 6.30. The van der Waals surface area contributed by atoms with Gasteiger partial charge in [0.1, 0.15) is 5.56 Å². The lowest BCUT2D eigenvalue weighted by molar-refractivity contribution is 0.0585. The monoisotopic (exact) mass is 480 g/mol. The molecule has 33 heavy (non-hydrogen) atoms. The number of halogens is 6. The van der Waals surface area contributed by atoms with E-state index in [9.17, 15) is 26.7 Å². The van der Waals surface area contributed by atoms with E-state index in [1.54, 1.807) is 12.1 Å². The fraction of sp³-hybridized carbons (Fsp3) is 0.208. The van der Waals surface area contributed by atoms with Crippen molar-refractivity contribution in [2.24, 2.45) is 0 Å². The van der Waals surface area contributed by atoms with Crippen molar-refractivity contribution in [3.8, 4) is 0 Å². The van der Waals surface area contributed by atoms with E-state index in [1.165, 1.54) is 0 Å². The first-order chi connectivity index (χ1) is 15.8. The molecule has 3 aromatic rings. The minimum Gasteiger partial charge on any atom is -0.336 e. The molecule has 1 saturated heterocycles. The molecule has 0 radical (unpaired) electrons. The Balaban J connectivity index is 1.57.